The Labute approximate surface area is 111 Å². The van der Waals surface area contributed by atoms with E-state index in [1.165, 1.54) is 19.3 Å². The van der Waals surface area contributed by atoms with Crippen LogP contribution in [-0.2, 0) is 0 Å². The summed E-state index contributed by atoms with van der Waals surface area (Å²) in [7, 11) is 0. The fourth-order valence-electron chi connectivity index (χ4n) is 2.60. The zero-order valence-corrected chi connectivity index (χ0v) is 11.7. The van der Waals surface area contributed by atoms with Gasteiger partial charge in [-0.15, -0.1) is 0 Å². The Bertz CT molecular complexity index is 405. The molecule has 1 atom stereocenters. The molecule has 1 fully saturated rings. The van der Waals surface area contributed by atoms with Gasteiger partial charge < -0.3 is 4.90 Å². The first-order valence-electron chi connectivity index (χ1n) is 6.24. The number of hydrogen-bond acceptors (Lipinski definition) is 2. The molecule has 2 rings (SSSR count). The topological polar surface area (TPSA) is 20.3 Å². The van der Waals surface area contributed by atoms with E-state index in [2.05, 4.69) is 27.8 Å². The highest BCUT2D eigenvalue weighted by Gasteiger charge is 2.23. The first kappa shape index (κ1) is 12.6. The third-order valence-electron chi connectivity index (χ3n) is 3.44. The molecule has 1 saturated heterocycles. The maximum Gasteiger partial charge on any atom is 0.152 e. The third-order valence-corrected chi connectivity index (χ3v) is 3.93. The van der Waals surface area contributed by atoms with E-state index in [-0.39, 0.29) is 0 Å². The van der Waals surface area contributed by atoms with Gasteiger partial charge in [0.15, 0.2) is 6.29 Å². The van der Waals surface area contributed by atoms with Crippen molar-refractivity contribution < 1.29 is 4.79 Å². The van der Waals surface area contributed by atoms with Gasteiger partial charge >= 0.3 is 0 Å². The van der Waals surface area contributed by atoms with Crippen LogP contribution in [0.1, 0.15) is 36.5 Å². The minimum atomic E-state index is 0.788. The number of carbonyl (C=O) groups is 1. The number of hydrogen-bond donors (Lipinski definition) is 0. The van der Waals surface area contributed by atoms with Gasteiger partial charge in [-0.3, -0.25) is 4.79 Å². The minimum Gasteiger partial charge on any atom is -0.371 e. The van der Waals surface area contributed by atoms with Gasteiger partial charge in [-0.05, 0) is 37.0 Å². The number of aldehydes is 1. The van der Waals surface area contributed by atoms with Gasteiger partial charge in [-0.2, -0.15) is 0 Å². The molecule has 0 aliphatic carbocycles. The fourth-order valence-corrected chi connectivity index (χ4v) is 2.98. The number of rotatable bonds is 4. The van der Waals surface area contributed by atoms with Gasteiger partial charge in [0.25, 0.3) is 0 Å². The lowest BCUT2D eigenvalue weighted by Crippen LogP contribution is -2.20. The zero-order chi connectivity index (χ0) is 12.3. The number of halogens is 1. The van der Waals surface area contributed by atoms with Gasteiger partial charge in [-0.25, -0.2) is 0 Å². The Morgan fingerprint density at radius 2 is 2.35 bits per heavy atom. The number of benzene rings is 1. The van der Waals surface area contributed by atoms with Crippen LogP contribution in [0.15, 0.2) is 22.7 Å². The van der Waals surface area contributed by atoms with E-state index in [0.717, 1.165) is 41.0 Å². The molecule has 1 aliphatic heterocycles. The van der Waals surface area contributed by atoms with Crippen LogP contribution in [0.4, 0.5) is 5.69 Å². The summed E-state index contributed by atoms with van der Waals surface area (Å²) >= 11 is 3.41. The molecule has 1 aliphatic rings. The summed E-state index contributed by atoms with van der Waals surface area (Å²) in [5.41, 5.74) is 1.87. The number of nitrogens with zero attached hydrogens (tertiary/aromatic N) is 1. The van der Waals surface area contributed by atoms with E-state index < -0.39 is 0 Å². The molecule has 0 saturated carbocycles. The van der Waals surface area contributed by atoms with E-state index in [1.54, 1.807) is 0 Å². The van der Waals surface area contributed by atoms with Gasteiger partial charge in [-0.1, -0.05) is 29.3 Å². The maximum absolute atomic E-state index is 11.1. The smallest absolute Gasteiger partial charge is 0.152 e. The number of anilines is 1. The van der Waals surface area contributed by atoms with Crippen LogP contribution in [0.2, 0.25) is 0 Å². The summed E-state index contributed by atoms with van der Waals surface area (Å²) < 4.78 is 0.965. The van der Waals surface area contributed by atoms with Gasteiger partial charge in [0.1, 0.15) is 0 Å². The Kier molecular flexibility index (Phi) is 4.21. The summed E-state index contributed by atoms with van der Waals surface area (Å²) in [5.74, 6) is 0.795. The van der Waals surface area contributed by atoms with Crippen molar-refractivity contribution in [2.45, 2.75) is 26.2 Å². The van der Waals surface area contributed by atoms with Crippen molar-refractivity contribution >= 4 is 27.9 Å². The van der Waals surface area contributed by atoms with Crippen molar-refractivity contribution in [2.24, 2.45) is 5.92 Å². The lowest BCUT2D eigenvalue weighted by atomic mass is 10.0. The maximum atomic E-state index is 11.1. The van der Waals surface area contributed by atoms with E-state index in [1.807, 2.05) is 18.2 Å². The molecule has 3 heteroatoms. The molecule has 0 amide bonds. The van der Waals surface area contributed by atoms with Crippen molar-refractivity contribution in [2.75, 3.05) is 18.0 Å². The molecule has 17 heavy (non-hydrogen) atoms. The number of carbonyl (C=O) groups excluding carboxylic acids is 1. The van der Waals surface area contributed by atoms with Crippen molar-refractivity contribution in [1.82, 2.24) is 0 Å². The molecule has 1 heterocycles. The second-order valence-electron chi connectivity index (χ2n) is 4.71. The normalized spacial score (nSPS) is 19.6. The molecule has 1 aromatic rings. The zero-order valence-electron chi connectivity index (χ0n) is 10.2. The Morgan fingerprint density at radius 3 is 3.06 bits per heavy atom. The summed E-state index contributed by atoms with van der Waals surface area (Å²) in [6.45, 7) is 4.41. The second-order valence-corrected chi connectivity index (χ2v) is 5.63. The lowest BCUT2D eigenvalue weighted by Gasteiger charge is -2.20. The SMILES string of the molecule is CCCC1CCN(c2ccc(Br)cc2C=O)C1. The summed E-state index contributed by atoms with van der Waals surface area (Å²) in [5, 5.41) is 0. The molecule has 0 aromatic heterocycles. The molecule has 92 valence electrons. The van der Waals surface area contributed by atoms with E-state index in [4.69, 9.17) is 0 Å². The van der Waals surface area contributed by atoms with Crippen LogP contribution in [0.5, 0.6) is 0 Å². The van der Waals surface area contributed by atoms with Crippen LogP contribution in [0.3, 0.4) is 0 Å². The molecule has 1 unspecified atom stereocenters. The summed E-state index contributed by atoms with van der Waals surface area (Å²) in [6, 6.07) is 5.95. The third kappa shape index (κ3) is 2.89. The minimum absolute atomic E-state index is 0.788. The molecular formula is C14H18BrNO. The van der Waals surface area contributed by atoms with Crippen LogP contribution in [0.25, 0.3) is 0 Å². The monoisotopic (exact) mass is 295 g/mol. The molecule has 0 radical (unpaired) electrons. The molecule has 0 spiro atoms. The van der Waals surface area contributed by atoms with E-state index in [9.17, 15) is 4.79 Å². The Hall–Kier alpha value is -0.830. The predicted octanol–water partition coefficient (Wildman–Crippen LogP) is 3.89. The average molecular weight is 296 g/mol. The Morgan fingerprint density at radius 1 is 1.53 bits per heavy atom. The van der Waals surface area contributed by atoms with Crippen LogP contribution in [-0.4, -0.2) is 19.4 Å². The molecule has 1 aromatic carbocycles. The first-order chi connectivity index (χ1) is 8.24. The van der Waals surface area contributed by atoms with Crippen molar-refractivity contribution in [3.05, 3.63) is 28.2 Å². The van der Waals surface area contributed by atoms with Crippen molar-refractivity contribution in [3.8, 4) is 0 Å². The molecule has 0 bridgehead atoms. The Balaban J connectivity index is 2.15. The molecule has 2 nitrogen and oxygen atoms in total. The highest BCUT2D eigenvalue weighted by atomic mass is 79.9. The van der Waals surface area contributed by atoms with Crippen LogP contribution >= 0.6 is 15.9 Å². The van der Waals surface area contributed by atoms with Crippen molar-refractivity contribution in [3.63, 3.8) is 0 Å². The fraction of sp³-hybridized carbons (Fsp3) is 0.500. The largest absolute Gasteiger partial charge is 0.371 e. The van der Waals surface area contributed by atoms with E-state index in [0.29, 0.717) is 0 Å². The standard InChI is InChI=1S/C14H18BrNO/c1-2-3-11-6-7-16(9-11)14-5-4-13(15)8-12(14)10-17/h4-5,8,10-11H,2-3,6-7,9H2,1H3. The van der Waals surface area contributed by atoms with Crippen molar-refractivity contribution in [1.29, 1.82) is 0 Å². The van der Waals surface area contributed by atoms with Gasteiger partial charge in [0, 0.05) is 28.8 Å². The summed E-state index contributed by atoms with van der Waals surface area (Å²) in [4.78, 5) is 13.4. The lowest BCUT2D eigenvalue weighted by molar-refractivity contribution is 0.112. The molecular weight excluding hydrogens is 278 g/mol. The predicted molar refractivity (Wildman–Crippen MR) is 74.8 cm³/mol. The van der Waals surface area contributed by atoms with Crippen LogP contribution < -0.4 is 4.90 Å². The summed E-state index contributed by atoms with van der Waals surface area (Å²) in [6.07, 6.45) is 4.75. The second kappa shape index (κ2) is 5.67. The van der Waals surface area contributed by atoms with Crippen LogP contribution in [0, 0.1) is 5.92 Å². The highest BCUT2D eigenvalue weighted by molar-refractivity contribution is 9.10. The van der Waals surface area contributed by atoms with Gasteiger partial charge in [0.2, 0.25) is 0 Å². The first-order valence-corrected chi connectivity index (χ1v) is 7.03. The van der Waals surface area contributed by atoms with E-state index >= 15 is 0 Å². The van der Waals surface area contributed by atoms with Gasteiger partial charge in [0.05, 0.1) is 0 Å². The average Bonchev–Trinajstić information content (AvgIpc) is 2.78. The molecule has 0 N–H and O–H groups in total. The quantitative estimate of drug-likeness (QED) is 0.786. The highest BCUT2D eigenvalue weighted by Crippen LogP contribution is 2.30.